The van der Waals surface area contributed by atoms with Gasteiger partial charge in [0.2, 0.25) is 0 Å². The summed E-state index contributed by atoms with van der Waals surface area (Å²) in [7, 11) is 1.59. The first-order chi connectivity index (χ1) is 12.0. The maximum atomic E-state index is 11.7. The normalized spacial score (nSPS) is 17.2. The van der Waals surface area contributed by atoms with Crippen LogP contribution in [0.25, 0.3) is 0 Å². The van der Waals surface area contributed by atoms with E-state index in [0.29, 0.717) is 11.4 Å². The van der Waals surface area contributed by atoms with E-state index < -0.39 is 0 Å². The Bertz CT molecular complexity index is 745. The second-order valence-electron chi connectivity index (χ2n) is 6.20. The van der Waals surface area contributed by atoms with Gasteiger partial charge in [-0.15, -0.1) is 0 Å². The lowest BCUT2D eigenvalue weighted by Crippen LogP contribution is -2.41. The van der Waals surface area contributed by atoms with E-state index in [4.69, 9.17) is 4.74 Å². The van der Waals surface area contributed by atoms with Gasteiger partial charge in [-0.25, -0.2) is 9.97 Å². The number of piperidine rings is 1. The number of carbonyl (C=O) groups excluding carboxylic acids is 1. The van der Waals surface area contributed by atoms with Gasteiger partial charge >= 0.3 is 0 Å². The molecule has 132 valence electrons. The highest BCUT2D eigenvalue weighted by atomic mass is 16.5. The summed E-state index contributed by atoms with van der Waals surface area (Å²) >= 11 is 0. The first-order valence-electron chi connectivity index (χ1n) is 8.47. The molecule has 25 heavy (non-hydrogen) atoms. The molecule has 0 aromatic carbocycles. The number of nitrogens with zero attached hydrogens (tertiary/aromatic N) is 4. The fourth-order valence-corrected chi connectivity index (χ4v) is 3.03. The van der Waals surface area contributed by atoms with Gasteiger partial charge in [-0.05, 0) is 32.8 Å². The zero-order chi connectivity index (χ0) is 17.8. The van der Waals surface area contributed by atoms with Crippen molar-refractivity contribution < 1.29 is 9.53 Å². The third-order valence-electron chi connectivity index (χ3n) is 4.15. The number of ether oxygens (including phenoxy) is 1. The predicted octanol–water partition coefficient (Wildman–Crippen LogP) is 1.90. The van der Waals surface area contributed by atoms with E-state index in [1.807, 2.05) is 19.9 Å². The van der Waals surface area contributed by atoms with Gasteiger partial charge in [0.25, 0.3) is 5.91 Å². The molecule has 1 saturated heterocycles. The minimum absolute atomic E-state index is 0.0456. The average Bonchev–Trinajstić information content (AvgIpc) is 2.60. The summed E-state index contributed by atoms with van der Waals surface area (Å²) in [5.74, 6) is 2.17. The highest BCUT2D eigenvalue weighted by Gasteiger charge is 2.23. The number of anilines is 1. The number of carbonyl (C=O) groups is 1. The van der Waals surface area contributed by atoms with E-state index in [1.165, 1.54) is 0 Å². The van der Waals surface area contributed by atoms with Crippen LogP contribution in [-0.4, -0.2) is 47.1 Å². The van der Waals surface area contributed by atoms with Crippen molar-refractivity contribution in [3.8, 4) is 5.75 Å². The van der Waals surface area contributed by atoms with E-state index in [1.54, 1.807) is 25.4 Å². The maximum Gasteiger partial charge on any atom is 0.269 e. The molecule has 2 aromatic heterocycles. The molecule has 1 fully saturated rings. The highest BCUT2D eigenvalue weighted by molar-refractivity contribution is 5.92. The van der Waals surface area contributed by atoms with Gasteiger partial charge in [0.05, 0.1) is 6.54 Å². The molecule has 0 radical (unpaired) electrons. The number of amides is 1. The molecular weight excluding hydrogens is 318 g/mol. The summed E-state index contributed by atoms with van der Waals surface area (Å²) in [5, 5.41) is 2.57. The number of pyridine rings is 1. The summed E-state index contributed by atoms with van der Waals surface area (Å²) in [6.07, 6.45) is 3.64. The third-order valence-corrected chi connectivity index (χ3v) is 4.15. The molecule has 7 heteroatoms. The molecule has 1 aliphatic rings. The first kappa shape index (κ1) is 17.1. The Morgan fingerprint density at radius 1 is 1.32 bits per heavy atom. The zero-order valence-electron chi connectivity index (χ0n) is 14.8. The molecule has 1 amide bonds. The molecule has 0 bridgehead atoms. The minimum atomic E-state index is -0.220. The highest BCUT2D eigenvalue weighted by Crippen LogP contribution is 2.22. The van der Waals surface area contributed by atoms with Crippen molar-refractivity contribution >= 4 is 11.7 Å². The number of aromatic nitrogens is 3. The molecule has 0 unspecified atom stereocenters. The molecule has 0 spiro atoms. The topological polar surface area (TPSA) is 80.2 Å². The maximum absolute atomic E-state index is 11.7. The van der Waals surface area contributed by atoms with Crippen LogP contribution in [0.4, 0.5) is 5.82 Å². The van der Waals surface area contributed by atoms with Crippen molar-refractivity contribution in [2.45, 2.75) is 32.8 Å². The SMILES string of the molecule is CNC(=O)c1cc(O[C@@H]2CCCN(c3cc(C)nc(C)n3)C2)ccn1. The van der Waals surface area contributed by atoms with Gasteiger partial charge < -0.3 is 15.0 Å². The summed E-state index contributed by atoms with van der Waals surface area (Å²) in [4.78, 5) is 26.9. The van der Waals surface area contributed by atoms with Crippen LogP contribution in [0.2, 0.25) is 0 Å². The molecule has 3 rings (SSSR count). The Kier molecular flexibility index (Phi) is 5.11. The molecule has 1 atom stereocenters. The van der Waals surface area contributed by atoms with E-state index in [0.717, 1.165) is 43.3 Å². The number of rotatable bonds is 4. The quantitative estimate of drug-likeness (QED) is 0.915. The molecule has 0 saturated carbocycles. The van der Waals surface area contributed by atoms with Crippen molar-refractivity contribution in [2.75, 3.05) is 25.0 Å². The monoisotopic (exact) mass is 341 g/mol. The first-order valence-corrected chi connectivity index (χ1v) is 8.47. The lowest BCUT2D eigenvalue weighted by atomic mass is 10.1. The molecule has 0 aliphatic carbocycles. The van der Waals surface area contributed by atoms with E-state index in [-0.39, 0.29) is 12.0 Å². The second-order valence-corrected chi connectivity index (χ2v) is 6.20. The Morgan fingerprint density at radius 3 is 2.92 bits per heavy atom. The van der Waals surface area contributed by atoms with E-state index in [9.17, 15) is 4.79 Å². The average molecular weight is 341 g/mol. The van der Waals surface area contributed by atoms with E-state index >= 15 is 0 Å². The van der Waals surface area contributed by atoms with Crippen molar-refractivity contribution in [3.63, 3.8) is 0 Å². The van der Waals surface area contributed by atoms with Crippen LogP contribution in [0.5, 0.6) is 5.75 Å². The van der Waals surface area contributed by atoms with Crippen LogP contribution in [0.1, 0.15) is 34.8 Å². The largest absolute Gasteiger partial charge is 0.488 e. The Balaban J connectivity index is 1.70. The molecule has 1 N–H and O–H groups in total. The predicted molar refractivity (Wildman–Crippen MR) is 95.0 cm³/mol. The number of hydrogen-bond acceptors (Lipinski definition) is 6. The number of nitrogens with one attached hydrogen (secondary N) is 1. The van der Waals surface area contributed by atoms with Crippen molar-refractivity contribution in [2.24, 2.45) is 0 Å². The van der Waals surface area contributed by atoms with Crippen LogP contribution in [0.3, 0.4) is 0 Å². The van der Waals surface area contributed by atoms with Crippen molar-refractivity contribution in [3.05, 3.63) is 41.6 Å². The molecule has 3 heterocycles. The fraction of sp³-hybridized carbons (Fsp3) is 0.444. The third kappa shape index (κ3) is 4.23. The van der Waals surface area contributed by atoms with Gasteiger partial charge in [0.15, 0.2) is 0 Å². The Morgan fingerprint density at radius 2 is 2.16 bits per heavy atom. The molecular formula is C18H23N5O2. The summed E-state index contributed by atoms with van der Waals surface area (Å²) < 4.78 is 6.10. The lowest BCUT2D eigenvalue weighted by molar-refractivity contribution is 0.0957. The van der Waals surface area contributed by atoms with Gasteiger partial charge in [0.1, 0.15) is 29.2 Å². The summed E-state index contributed by atoms with van der Waals surface area (Å²) in [6, 6.07) is 5.46. The van der Waals surface area contributed by atoms with Crippen LogP contribution in [-0.2, 0) is 0 Å². The van der Waals surface area contributed by atoms with Crippen LogP contribution < -0.4 is 15.0 Å². The summed E-state index contributed by atoms with van der Waals surface area (Å²) in [6.45, 7) is 5.60. The van der Waals surface area contributed by atoms with Crippen molar-refractivity contribution in [1.82, 2.24) is 20.3 Å². The Hall–Kier alpha value is -2.70. The number of aryl methyl sites for hydroxylation is 2. The van der Waals surface area contributed by atoms with E-state index in [2.05, 4.69) is 25.2 Å². The summed E-state index contributed by atoms with van der Waals surface area (Å²) in [5.41, 5.74) is 1.32. The molecule has 2 aromatic rings. The number of hydrogen-bond donors (Lipinski definition) is 1. The lowest BCUT2D eigenvalue weighted by Gasteiger charge is -2.33. The van der Waals surface area contributed by atoms with Gasteiger partial charge in [-0.1, -0.05) is 0 Å². The zero-order valence-corrected chi connectivity index (χ0v) is 14.8. The van der Waals surface area contributed by atoms with Crippen LogP contribution in [0.15, 0.2) is 24.4 Å². The smallest absolute Gasteiger partial charge is 0.269 e. The van der Waals surface area contributed by atoms with Crippen LogP contribution >= 0.6 is 0 Å². The van der Waals surface area contributed by atoms with Gasteiger partial charge in [-0.3, -0.25) is 9.78 Å². The second kappa shape index (κ2) is 7.46. The molecule has 7 nitrogen and oxygen atoms in total. The Labute approximate surface area is 147 Å². The molecule has 1 aliphatic heterocycles. The minimum Gasteiger partial charge on any atom is -0.488 e. The van der Waals surface area contributed by atoms with Gasteiger partial charge in [-0.2, -0.15) is 0 Å². The van der Waals surface area contributed by atoms with Gasteiger partial charge in [0, 0.05) is 37.6 Å². The van der Waals surface area contributed by atoms with Crippen molar-refractivity contribution in [1.29, 1.82) is 0 Å². The standard InChI is InChI=1S/C18H23N5O2/c1-12-9-17(22-13(2)21-12)23-8-4-5-15(11-23)25-14-6-7-20-16(10-14)18(24)19-3/h6-7,9-10,15H,4-5,8,11H2,1-3H3,(H,19,24)/t15-/m1/s1. The fourth-order valence-electron chi connectivity index (χ4n) is 3.03. The van der Waals surface area contributed by atoms with Crippen LogP contribution in [0, 0.1) is 13.8 Å².